The number of likely N-dealkylation sites (tertiary alicyclic amines) is 1. The number of benzene rings is 1. The third-order valence-corrected chi connectivity index (χ3v) is 5.58. The lowest BCUT2D eigenvalue weighted by Crippen LogP contribution is -2.57. The van der Waals surface area contributed by atoms with Gasteiger partial charge in [-0.15, -0.1) is 0 Å². The predicted molar refractivity (Wildman–Crippen MR) is 111 cm³/mol. The third kappa shape index (κ3) is 5.70. The first kappa shape index (κ1) is 23.8. The normalized spacial score (nSPS) is 19.6. The molecule has 2 saturated heterocycles. The van der Waals surface area contributed by atoms with Gasteiger partial charge in [-0.2, -0.15) is 0 Å². The topological polar surface area (TPSA) is 122 Å². The molecule has 0 bridgehead atoms. The summed E-state index contributed by atoms with van der Waals surface area (Å²) in [5.74, 6) is -3.04. The van der Waals surface area contributed by atoms with Crippen molar-refractivity contribution in [2.24, 2.45) is 0 Å². The maximum absolute atomic E-state index is 13.3. The lowest BCUT2D eigenvalue weighted by atomic mass is 9.91. The van der Waals surface area contributed by atoms with Crippen LogP contribution in [0, 0.1) is 5.82 Å². The molecule has 10 heteroatoms. The lowest BCUT2D eigenvalue weighted by Gasteiger charge is -2.47. The Labute approximate surface area is 184 Å². The van der Waals surface area contributed by atoms with Crippen molar-refractivity contribution >= 4 is 22.9 Å². The fourth-order valence-corrected chi connectivity index (χ4v) is 4.04. The van der Waals surface area contributed by atoms with E-state index in [1.54, 1.807) is 6.07 Å². The number of fused-ring (bicyclic) bond motifs is 1. The zero-order valence-electron chi connectivity index (χ0n) is 17.8. The molecular formula is C22H27FN2O7. The maximum Gasteiger partial charge on any atom is 0.328 e. The number of piperidine rings is 1. The second-order valence-electron chi connectivity index (χ2n) is 7.60. The van der Waals surface area contributed by atoms with Gasteiger partial charge in [0.05, 0.1) is 18.9 Å². The van der Waals surface area contributed by atoms with Crippen molar-refractivity contribution in [1.82, 2.24) is 10.1 Å². The second kappa shape index (κ2) is 10.7. The van der Waals surface area contributed by atoms with Gasteiger partial charge in [0, 0.05) is 49.0 Å². The van der Waals surface area contributed by atoms with Crippen LogP contribution in [0.15, 0.2) is 34.9 Å². The molecule has 1 aromatic heterocycles. The predicted octanol–water partition coefficient (Wildman–Crippen LogP) is 3.36. The first-order valence-electron chi connectivity index (χ1n) is 10.6. The molecule has 3 heterocycles. The van der Waals surface area contributed by atoms with Gasteiger partial charge in [0.1, 0.15) is 5.82 Å². The molecule has 2 aliphatic rings. The Hall–Kier alpha value is -2.82. The molecule has 0 saturated carbocycles. The molecule has 0 aliphatic carbocycles. The molecule has 0 unspecified atom stereocenters. The maximum atomic E-state index is 13.3. The number of carboxylic acids is 2. The van der Waals surface area contributed by atoms with Crippen LogP contribution in [0.25, 0.3) is 11.0 Å². The first-order chi connectivity index (χ1) is 15.3. The van der Waals surface area contributed by atoms with E-state index in [2.05, 4.69) is 17.0 Å². The molecule has 0 spiro atoms. The summed E-state index contributed by atoms with van der Waals surface area (Å²) in [5, 5.41) is 20.8. The summed E-state index contributed by atoms with van der Waals surface area (Å²) in [7, 11) is 0. The fraction of sp³-hybridized carbons (Fsp3) is 0.500. The fourth-order valence-electron chi connectivity index (χ4n) is 4.04. The smallest absolute Gasteiger partial charge is 0.328 e. The molecule has 9 nitrogen and oxygen atoms in total. The number of ether oxygens (including phenoxy) is 2. The molecular weight excluding hydrogens is 423 g/mol. The van der Waals surface area contributed by atoms with Crippen molar-refractivity contribution in [1.29, 1.82) is 0 Å². The Balaban J connectivity index is 0.000000312. The van der Waals surface area contributed by atoms with E-state index >= 15 is 0 Å². The van der Waals surface area contributed by atoms with Crippen molar-refractivity contribution in [3.8, 4) is 0 Å². The minimum atomic E-state index is -1.26. The lowest BCUT2D eigenvalue weighted by molar-refractivity contribution is -0.344. The van der Waals surface area contributed by atoms with Crippen molar-refractivity contribution in [2.45, 2.75) is 44.4 Å². The molecule has 2 fully saturated rings. The van der Waals surface area contributed by atoms with Crippen LogP contribution >= 0.6 is 0 Å². The highest BCUT2D eigenvalue weighted by Gasteiger charge is 2.41. The van der Waals surface area contributed by atoms with Gasteiger partial charge in [0.25, 0.3) is 0 Å². The molecule has 4 rings (SSSR count). The summed E-state index contributed by atoms with van der Waals surface area (Å²) in [4.78, 5) is 21.4. The zero-order chi connectivity index (χ0) is 23.1. The first-order valence-corrected chi connectivity index (χ1v) is 10.6. The van der Waals surface area contributed by atoms with Gasteiger partial charge in [-0.1, -0.05) is 12.1 Å². The van der Waals surface area contributed by atoms with Crippen LogP contribution in [-0.4, -0.2) is 64.4 Å². The number of aromatic nitrogens is 1. The van der Waals surface area contributed by atoms with Crippen molar-refractivity contribution < 1.29 is 38.2 Å². The van der Waals surface area contributed by atoms with Crippen molar-refractivity contribution in [3.63, 3.8) is 0 Å². The molecule has 1 aromatic carbocycles. The van der Waals surface area contributed by atoms with E-state index in [1.807, 2.05) is 0 Å². The number of aliphatic carboxylic acids is 2. The van der Waals surface area contributed by atoms with Gasteiger partial charge in [-0.25, -0.2) is 14.0 Å². The highest BCUT2D eigenvalue weighted by Crippen LogP contribution is 2.37. The van der Waals surface area contributed by atoms with E-state index in [-0.39, 0.29) is 5.82 Å². The number of hydrogen-bond acceptors (Lipinski definition) is 7. The van der Waals surface area contributed by atoms with Crippen molar-refractivity contribution in [3.05, 3.63) is 41.9 Å². The van der Waals surface area contributed by atoms with Gasteiger partial charge in [-0.05, 0) is 31.4 Å². The van der Waals surface area contributed by atoms with E-state index in [4.69, 9.17) is 24.2 Å². The van der Waals surface area contributed by atoms with E-state index in [9.17, 15) is 14.0 Å². The van der Waals surface area contributed by atoms with Gasteiger partial charge in [0.2, 0.25) is 5.91 Å². The van der Waals surface area contributed by atoms with Crippen LogP contribution in [0.5, 0.6) is 0 Å². The van der Waals surface area contributed by atoms with E-state index in [1.165, 1.54) is 12.1 Å². The van der Waals surface area contributed by atoms with Crippen LogP contribution in [0.2, 0.25) is 0 Å². The molecule has 2 N–H and O–H groups in total. The number of hydrogen-bond donors (Lipinski definition) is 2. The van der Waals surface area contributed by atoms with E-state index < -0.39 is 17.8 Å². The highest BCUT2D eigenvalue weighted by atomic mass is 19.1. The Morgan fingerprint density at radius 1 is 1.19 bits per heavy atom. The molecule has 2 aliphatic heterocycles. The van der Waals surface area contributed by atoms with Crippen LogP contribution in [0.3, 0.4) is 0 Å². The third-order valence-electron chi connectivity index (χ3n) is 5.58. The summed E-state index contributed by atoms with van der Waals surface area (Å²) in [6.45, 7) is 5.42. The summed E-state index contributed by atoms with van der Waals surface area (Å²) in [6, 6.07) is 4.63. The molecule has 2 aromatic rings. The Morgan fingerprint density at radius 2 is 1.81 bits per heavy atom. The summed E-state index contributed by atoms with van der Waals surface area (Å²) < 4.78 is 30.6. The van der Waals surface area contributed by atoms with Crippen LogP contribution < -0.4 is 0 Å². The SMILES string of the molecule is CCC1(N2CCC(c3noc4cc(F)ccc34)CC2)OCCCO1.O=C(O)C=CC(=O)O. The monoisotopic (exact) mass is 450 g/mol. The number of carbonyl (C=O) groups is 2. The van der Waals surface area contributed by atoms with Crippen LogP contribution in [-0.2, 0) is 19.1 Å². The van der Waals surface area contributed by atoms with E-state index in [0.717, 1.165) is 63.1 Å². The molecule has 0 atom stereocenters. The van der Waals surface area contributed by atoms with Gasteiger partial charge in [0.15, 0.2) is 5.58 Å². The minimum absolute atomic E-state index is 0.295. The van der Waals surface area contributed by atoms with Gasteiger partial charge < -0.3 is 24.2 Å². The zero-order valence-corrected chi connectivity index (χ0v) is 17.8. The average Bonchev–Trinajstić information content (AvgIpc) is 3.21. The molecule has 174 valence electrons. The number of nitrogens with zero attached hydrogens (tertiary/aromatic N) is 2. The van der Waals surface area contributed by atoms with Crippen LogP contribution in [0.4, 0.5) is 4.39 Å². The summed E-state index contributed by atoms with van der Waals surface area (Å²) in [6.07, 6.45) is 4.83. The highest BCUT2D eigenvalue weighted by molar-refractivity contribution is 5.89. The molecule has 0 amide bonds. The Kier molecular flexibility index (Phi) is 7.94. The minimum Gasteiger partial charge on any atom is -0.478 e. The largest absolute Gasteiger partial charge is 0.478 e. The molecule has 0 radical (unpaired) electrons. The number of carboxylic acid groups (broad SMARTS) is 2. The Morgan fingerprint density at radius 3 is 2.38 bits per heavy atom. The summed E-state index contributed by atoms with van der Waals surface area (Å²) in [5.41, 5.74) is 1.47. The van der Waals surface area contributed by atoms with Gasteiger partial charge >= 0.3 is 11.9 Å². The van der Waals surface area contributed by atoms with Gasteiger partial charge in [-0.3, -0.25) is 4.90 Å². The van der Waals surface area contributed by atoms with Crippen molar-refractivity contribution in [2.75, 3.05) is 26.3 Å². The Bertz CT molecular complexity index is 944. The van der Waals surface area contributed by atoms with Crippen LogP contribution in [0.1, 0.15) is 44.2 Å². The summed E-state index contributed by atoms with van der Waals surface area (Å²) >= 11 is 0. The standard InChI is InChI=1S/C18H23FN2O3.C4H4O4/c1-2-18(22-10-3-11-23-18)21-8-6-13(7-9-21)17-15-5-4-14(19)12-16(15)24-20-17;5-3(6)1-2-4(7)8/h4-5,12-13H,2-3,6-11H2,1H3;1-2H,(H,5,6)(H,7,8). The molecule has 32 heavy (non-hydrogen) atoms. The quantitative estimate of drug-likeness (QED) is 0.660. The van der Waals surface area contributed by atoms with E-state index in [0.29, 0.717) is 23.7 Å². The average molecular weight is 450 g/mol. The number of rotatable bonds is 5. The second-order valence-corrected chi connectivity index (χ2v) is 7.60. The number of halogens is 1.